The minimum Gasteiger partial charge on any atom is -0.756 e. The SMILES string of the molecule is CC/C=C\C/C=C\C/C=C\C/C=C\C/C=C\CC(=O)NC(COP(=O)([O-])OCC[N+](C)(C)C)C(O)CCCCCCCCCCCCCCCCCCC. The Morgan fingerprint density at radius 2 is 1.06 bits per heavy atom. The maximum atomic E-state index is 12.8. The van der Waals surface area contributed by atoms with E-state index in [9.17, 15) is 19.4 Å². The number of phosphoric ester groups is 1. The highest BCUT2D eigenvalue weighted by Gasteiger charge is 2.24. The first-order valence-electron chi connectivity index (χ1n) is 21.6. The maximum absolute atomic E-state index is 12.8. The molecule has 8 nitrogen and oxygen atoms in total. The molecule has 0 radical (unpaired) electrons. The van der Waals surface area contributed by atoms with Crippen molar-refractivity contribution < 1.29 is 32.9 Å². The number of aliphatic hydroxyl groups is 1. The lowest BCUT2D eigenvalue weighted by Gasteiger charge is -2.30. The van der Waals surface area contributed by atoms with Crippen LogP contribution in [0.2, 0.25) is 0 Å². The summed E-state index contributed by atoms with van der Waals surface area (Å²) in [6, 6.07) is -0.856. The van der Waals surface area contributed by atoms with E-state index in [1.807, 2.05) is 27.2 Å². The highest BCUT2D eigenvalue weighted by atomic mass is 31.2. The van der Waals surface area contributed by atoms with Crippen molar-refractivity contribution in [3.05, 3.63) is 60.8 Å². The number of quaternary nitrogens is 1. The fraction of sp³-hybridized carbons (Fsp3) is 0.756. The fourth-order valence-electron chi connectivity index (χ4n) is 5.87. The second kappa shape index (κ2) is 36.8. The van der Waals surface area contributed by atoms with E-state index >= 15 is 0 Å². The molecule has 0 spiro atoms. The van der Waals surface area contributed by atoms with Gasteiger partial charge in [-0.05, 0) is 38.5 Å². The van der Waals surface area contributed by atoms with Gasteiger partial charge in [-0.2, -0.15) is 0 Å². The van der Waals surface area contributed by atoms with Crippen molar-refractivity contribution in [1.29, 1.82) is 0 Å². The number of rotatable bonds is 38. The molecule has 0 fully saturated rings. The van der Waals surface area contributed by atoms with Crippen molar-refractivity contribution >= 4 is 13.7 Å². The molecule has 0 aliphatic carbocycles. The lowest BCUT2D eigenvalue weighted by atomic mass is 10.0. The Balaban J connectivity index is 4.52. The number of aliphatic hydroxyl groups excluding tert-OH is 1. The van der Waals surface area contributed by atoms with Crippen LogP contribution in [0.25, 0.3) is 0 Å². The quantitative estimate of drug-likeness (QED) is 0.0280. The molecule has 314 valence electrons. The Labute approximate surface area is 332 Å². The van der Waals surface area contributed by atoms with Crippen LogP contribution in [0.4, 0.5) is 0 Å². The first-order chi connectivity index (χ1) is 26.0. The van der Waals surface area contributed by atoms with Gasteiger partial charge in [0.1, 0.15) is 13.2 Å². The first kappa shape index (κ1) is 52.2. The van der Waals surface area contributed by atoms with Crippen LogP contribution in [0.3, 0.4) is 0 Å². The van der Waals surface area contributed by atoms with Crippen molar-refractivity contribution in [2.24, 2.45) is 0 Å². The lowest BCUT2D eigenvalue weighted by Crippen LogP contribution is -2.46. The molecular formula is C45H83N2O6P. The molecule has 0 heterocycles. The zero-order chi connectivity index (χ0) is 40.0. The van der Waals surface area contributed by atoms with Crippen LogP contribution in [0, 0.1) is 0 Å². The largest absolute Gasteiger partial charge is 0.756 e. The van der Waals surface area contributed by atoms with Crippen molar-refractivity contribution in [1.82, 2.24) is 5.32 Å². The average molecular weight is 779 g/mol. The number of phosphoric acid groups is 1. The van der Waals surface area contributed by atoms with Crippen molar-refractivity contribution in [3.8, 4) is 0 Å². The summed E-state index contributed by atoms with van der Waals surface area (Å²) in [6.45, 7) is 4.52. The number of unbranched alkanes of at least 4 members (excludes halogenated alkanes) is 16. The van der Waals surface area contributed by atoms with Crippen LogP contribution >= 0.6 is 7.82 Å². The molecule has 9 heteroatoms. The van der Waals surface area contributed by atoms with Gasteiger partial charge in [0.15, 0.2) is 0 Å². The second-order valence-electron chi connectivity index (χ2n) is 15.7. The van der Waals surface area contributed by atoms with Gasteiger partial charge in [0, 0.05) is 6.42 Å². The van der Waals surface area contributed by atoms with E-state index in [0.29, 0.717) is 23.9 Å². The second-order valence-corrected chi connectivity index (χ2v) is 17.1. The molecule has 0 aromatic carbocycles. The number of amides is 1. The Kier molecular flexibility index (Phi) is 35.6. The van der Waals surface area contributed by atoms with E-state index in [0.717, 1.165) is 44.9 Å². The molecule has 1 amide bonds. The van der Waals surface area contributed by atoms with Gasteiger partial charge in [-0.25, -0.2) is 0 Å². The molecule has 0 aromatic rings. The lowest BCUT2D eigenvalue weighted by molar-refractivity contribution is -0.870. The molecule has 3 atom stereocenters. The molecule has 0 aliphatic rings. The molecule has 0 bridgehead atoms. The molecule has 0 saturated carbocycles. The minimum atomic E-state index is -4.59. The smallest absolute Gasteiger partial charge is 0.268 e. The predicted molar refractivity (Wildman–Crippen MR) is 228 cm³/mol. The summed E-state index contributed by atoms with van der Waals surface area (Å²) in [4.78, 5) is 25.2. The molecule has 54 heavy (non-hydrogen) atoms. The summed E-state index contributed by atoms with van der Waals surface area (Å²) in [6.07, 6.45) is 46.8. The third-order valence-corrected chi connectivity index (χ3v) is 10.3. The Morgan fingerprint density at radius 1 is 0.648 bits per heavy atom. The third kappa shape index (κ3) is 38.5. The topological polar surface area (TPSA) is 108 Å². The molecule has 0 saturated heterocycles. The van der Waals surface area contributed by atoms with Gasteiger partial charge in [0.25, 0.3) is 7.82 Å². The van der Waals surface area contributed by atoms with E-state index in [1.165, 1.54) is 89.9 Å². The van der Waals surface area contributed by atoms with Gasteiger partial charge >= 0.3 is 0 Å². The highest BCUT2D eigenvalue weighted by molar-refractivity contribution is 7.45. The van der Waals surface area contributed by atoms with Crippen LogP contribution in [0.15, 0.2) is 60.8 Å². The standard InChI is InChI=1S/C45H83N2O6P/c1-6-8-10-12-14-16-18-20-22-23-25-26-28-30-32-34-36-38-44(48)43(42-53-54(50,51)52-41-40-47(3,4)5)46-45(49)39-37-35-33-31-29-27-24-21-19-17-15-13-11-9-7-2/h9,11,15,17,21,24,29,31,35,37,43-44,48H,6-8,10,12-14,16,18-20,22-23,25-28,30,32-34,36,38-42H2,1-5H3,(H-,46,49,50,51)/b11-9-,17-15-,24-21-,31-29-,37-35-. The summed E-state index contributed by atoms with van der Waals surface area (Å²) in [5, 5.41) is 13.8. The average Bonchev–Trinajstić information content (AvgIpc) is 3.12. The third-order valence-electron chi connectivity index (χ3n) is 9.30. The zero-order valence-electron chi connectivity index (χ0n) is 35.4. The number of nitrogens with zero attached hydrogens (tertiary/aromatic N) is 1. The summed E-state index contributed by atoms with van der Waals surface area (Å²) in [7, 11) is 1.24. The summed E-state index contributed by atoms with van der Waals surface area (Å²) >= 11 is 0. The number of hydrogen-bond donors (Lipinski definition) is 2. The van der Waals surface area contributed by atoms with Gasteiger partial charge in [-0.3, -0.25) is 9.36 Å². The van der Waals surface area contributed by atoms with Crippen LogP contribution in [-0.2, 0) is 18.4 Å². The molecule has 0 aromatic heterocycles. The zero-order valence-corrected chi connectivity index (χ0v) is 36.3. The summed E-state index contributed by atoms with van der Waals surface area (Å²) in [5.74, 6) is -0.293. The molecule has 2 N–H and O–H groups in total. The van der Waals surface area contributed by atoms with E-state index in [-0.39, 0.29) is 25.5 Å². The van der Waals surface area contributed by atoms with Crippen LogP contribution in [0.5, 0.6) is 0 Å². The highest BCUT2D eigenvalue weighted by Crippen LogP contribution is 2.38. The number of likely N-dealkylation sites (N-methyl/N-ethyl adjacent to an activating group) is 1. The number of carbonyl (C=O) groups excluding carboxylic acids is 1. The van der Waals surface area contributed by atoms with Gasteiger partial charge in [-0.1, -0.05) is 184 Å². The number of carbonyl (C=O) groups is 1. The maximum Gasteiger partial charge on any atom is 0.268 e. The Morgan fingerprint density at radius 3 is 1.48 bits per heavy atom. The van der Waals surface area contributed by atoms with Crippen molar-refractivity contribution in [3.63, 3.8) is 0 Å². The van der Waals surface area contributed by atoms with Crippen LogP contribution in [-0.4, -0.2) is 68.5 Å². The molecule has 0 rings (SSSR count). The van der Waals surface area contributed by atoms with Crippen LogP contribution in [0.1, 0.15) is 168 Å². The fourth-order valence-corrected chi connectivity index (χ4v) is 6.59. The van der Waals surface area contributed by atoms with Gasteiger partial charge in [-0.15, -0.1) is 0 Å². The first-order valence-corrected chi connectivity index (χ1v) is 23.1. The van der Waals surface area contributed by atoms with Gasteiger partial charge < -0.3 is 28.8 Å². The van der Waals surface area contributed by atoms with E-state index in [4.69, 9.17) is 9.05 Å². The van der Waals surface area contributed by atoms with Gasteiger partial charge in [0.2, 0.25) is 5.91 Å². The van der Waals surface area contributed by atoms with Crippen LogP contribution < -0.4 is 10.2 Å². The van der Waals surface area contributed by atoms with E-state index in [1.54, 1.807) is 6.08 Å². The van der Waals surface area contributed by atoms with Crippen molar-refractivity contribution in [2.75, 3.05) is 40.9 Å². The van der Waals surface area contributed by atoms with Gasteiger partial charge in [0.05, 0.1) is 39.9 Å². The Bertz CT molecular complexity index is 1060. The summed E-state index contributed by atoms with van der Waals surface area (Å²) in [5.41, 5.74) is 0. The summed E-state index contributed by atoms with van der Waals surface area (Å²) < 4.78 is 23.2. The predicted octanol–water partition coefficient (Wildman–Crippen LogP) is 11.2. The van der Waals surface area contributed by atoms with Crippen molar-refractivity contribution in [2.45, 2.75) is 180 Å². The normalized spacial score (nSPS) is 15.0. The van der Waals surface area contributed by atoms with E-state index in [2.05, 4.69) is 67.8 Å². The number of nitrogens with one attached hydrogen (secondary N) is 1. The molecule has 0 aliphatic heterocycles. The minimum absolute atomic E-state index is 0.00676. The Hall–Kier alpha value is -1.80. The monoisotopic (exact) mass is 779 g/mol. The number of hydrogen-bond acceptors (Lipinski definition) is 6. The molecule has 3 unspecified atom stereocenters. The molecular weight excluding hydrogens is 695 g/mol. The number of allylic oxidation sites excluding steroid dienone is 9. The van der Waals surface area contributed by atoms with E-state index < -0.39 is 20.0 Å².